The summed E-state index contributed by atoms with van der Waals surface area (Å²) in [4.78, 5) is 17.0. The SMILES string of the molecule is CCC(CC)(C(=O)Nc1cccc2cnccc12)C(N)=S. The summed E-state index contributed by atoms with van der Waals surface area (Å²) in [5.41, 5.74) is 5.77. The van der Waals surface area contributed by atoms with Gasteiger partial charge in [-0.15, -0.1) is 0 Å². The number of carbonyl (C=O) groups is 1. The number of aromatic nitrogens is 1. The number of nitrogens with zero attached hydrogens (tertiary/aromatic N) is 1. The molecule has 3 N–H and O–H groups in total. The van der Waals surface area contributed by atoms with Crippen LogP contribution in [0.5, 0.6) is 0 Å². The number of rotatable bonds is 5. The molecule has 0 spiro atoms. The van der Waals surface area contributed by atoms with E-state index < -0.39 is 5.41 Å². The molecule has 1 aromatic heterocycles. The third kappa shape index (κ3) is 2.74. The Kier molecular flexibility index (Phi) is 4.53. The van der Waals surface area contributed by atoms with E-state index in [4.69, 9.17) is 18.0 Å². The predicted molar refractivity (Wildman–Crippen MR) is 90.2 cm³/mol. The first-order valence-corrected chi connectivity index (χ1v) is 7.40. The van der Waals surface area contributed by atoms with E-state index in [-0.39, 0.29) is 10.9 Å². The third-order valence-corrected chi connectivity index (χ3v) is 4.43. The molecule has 1 heterocycles. The van der Waals surface area contributed by atoms with E-state index in [1.807, 2.05) is 38.1 Å². The first-order valence-electron chi connectivity index (χ1n) is 6.99. The highest BCUT2D eigenvalue weighted by Crippen LogP contribution is 2.30. The number of carbonyl (C=O) groups excluding carboxylic acids is 1. The van der Waals surface area contributed by atoms with Crippen LogP contribution in [0.15, 0.2) is 36.7 Å². The van der Waals surface area contributed by atoms with Gasteiger partial charge in [0.15, 0.2) is 0 Å². The minimum Gasteiger partial charge on any atom is -0.392 e. The summed E-state index contributed by atoms with van der Waals surface area (Å²) in [5.74, 6) is -0.149. The summed E-state index contributed by atoms with van der Waals surface area (Å²) in [6.45, 7) is 3.85. The van der Waals surface area contributed by atoms with Gasteiger partial charge in [-0.2, -0.15) is 0 Å². The summed E-state index contributed by atoms with van der Waals surface area (Å²) in [7, 11) is 0. The largest absolute Gasteiger partial charge is 0.392 e. The molecule has 1 aromatic carbocycles. The van der Waals surface area contributed by atoms with E-state index in [9.17, 15) is 4.79 Å². The van der Waals surface area contributed by atoms with Crippen LogP contribution in [0.4, 0.5) is 5.69 Å². The minimum absolute atomic E-state index is 0.149. The van der Waals surface area contributed by atoms with Gasteiger partial charge >= 0.3 is 0 Å². The number of amides is 1. The maximum Gasteiger partial charge on any atom is 0.237 e. The standard InChI is InChI=1S/C16H19N3OS/c1-3-16(4-2,14(17)21)15(20)19-13-7-5-6-11-10-18-9-8-12(11)13/h5-10H,3-4H2,1-2H3,(H2,17,21)(H,19,20). The number of nitrogens with two attached hydrogens (primary N) is 1. The van der Waals surface area contributed by atoms with Crippen molar-refractivity contribution in [3.05, 3.63) is 36.7 Å². The van der Waals surface area contributed by atoms with Gasteiger partial charge in [0.2, 0.25) is 5.91 Å². The fraction of sp³-hybridized carbons (Fsp3) is 0.312. The Labute approximate surface area is 129 Å². The van der Waals surface area contributed by atoms with Crippen LogP contribution >= 0.6 is 12.2 Å². The maximum atomic E-state index is 12.7. The molecular formula is C16H19N3OS. The lowest BCUT2D eigenvalue weighted by molar-refractivity contribution is -0.122. The number of benzene rings is 1. The monoisotopic (exact) mass is 301 g/mol. The molecule has 2 rings (SSSR count). The second-order valence-corrected chi connectivity index (χ2v) is 5.45. The summed E-state index contributed by atoms with van der Waals surface area (Å²) < 4.78 is 0. The first kappa shape index (κ1) is 15.4. The van der Waals surface area contributed by atoms with Crippen molar-refractivity contribution >= 4 is 39.6 Å². The summed E-state index contributed by atoms with van der Waals surface area (Å²) in [6, 6.07) is 7.60. The number of fused-ring (bicyclic) bond motifs is 1. The Balaban J connectivity index is 2.40. The number of hydrogen-bond donors (Lipinski definition) is 2. The number of thiocarbonyl (C=S) groups is 1. The average molecular weight is 301 g/mol. The van der Waals surface area contributed by atoms with Crippen LogP contribution in [0.1, 0.15) is 26.7 Å². The lowest BCUT2D eigenvalue weighted by Crippen LogP contribution is -2.45. The number of anilines is 1. The maximum absolute atomic E-state index is 12.7. The Bertz CT molecular complexity index is 675. The molecule has 0 unspecified atom stereocenters. The van der Waals surface area contributed by atoms with Gasteiger partial charge in [0.05, 0.1) is 10.4 Å². The van der Waals surface area contributed by atoms with Gasteiger partial charge in [0.25, 0.3) is 0 Å². The summed E-state index contributed by atoms with van der Waals surface area (Å²) in [5, 5.41) is 4.90. The Morgan fingerprint density at radius 1 is 1.33 bits per heavy atom. The molecular weight excluding hydrogens is 282 g/mol. The molecule has 110 valence electrons. The van der Waals surface area contributed by atoms with Crippen LogP contribution < -0.4 is 11.1 Å². The highest BCUT2D eigenvalue weighted by molar-refractivity contribution is 7.80. The highest BCUT2D eigenvalue weighted by Gasteiger charge is 2.38. The molecule has 21 heavy (non-hydrogen) atoms. The van der Waals surface area contributed by atoms with Gasteiger partial charge in [-0.25, -0.2) is 0 Å². The van der Waals surface area contributed by atoms with Crippen molar-refractivity contribution in [1.29, 1.82) is 0 Å². The van der Waals surface area contributed by atoms with E-state index in [0.717, 1.165) is 16.5 Å². The Morgan fingerprint density at radius 2 is 2.05 bits per heavy atom. The molecule has 0 fully saturated rings. The predicted octanol–water partition coefficient (Wildman–Crippen LogP) is 3.27. The number of hydrogen-bond acceptors (Lipinski definition) is 3. The Morgan fingerprint density at radius 3 is 2.67 bits per heavy atom. The van der Waals surface area contributed by atoms with Crippen LogP contribution in [-0.2, 0) is 4.79 Å². The zero-order chi connectivity index (χ0) is 15.5. The molecule has 0 atom stereocenters. The van der Waals surface area contributed by atoms with Gasteiger partial charge in [-0.1, -0.05) is 38.2 Å². The number of pyridine rings is 1. The molecule has 0 aliphatic rings. The van der Waals surface area contributed by atoms with Gasteiger partial charge < -0.3 is 11.1 Å². The van der Waals surface area contributed by atoms with E-state index in [1.165, 1.54) is 0 Å². The molecule has 0 aliphatic carbocycles. The first-order chi connectivity index (χ1) is 10.0. The molecule has 0 radical (unpaired) electrons. The van der Waals surface area contributed by atoms with Crippen molar-refractivity contribution in [3.63, 3.8) is 0 Å². The van der Waals surface area contributed by atoms with Crippen LogP contribution in [0.25, 0.3) is 10.8 Å². The summed E-state index contributed by atoms with van der Waals surface area (Å²) >= 11 is 5.12. The smallest absolute Gasteiger partial charge is 0.237 e. The van der Waals surface area contributed by atoms with Crippen LogP contribution in [0.3, 0.4) is 0 Å². The average Bonchev–Trinajstić information content (AvgIpc) is 2.49. The molecule has 4 nitrogen and oxygen atoms in total. The van der Waals surface area contributed by atoms with Crippen LogP contribution in [0, 0.1) is 5.41 Å². The zero-order valence-electron chi connectivity index (χ0n) is 12.2. The lowest BCUT2D eigenvalue weighted by Gasteiger charge is -2.29. The lowest BCUT2D eigenvalue weighted by atomic mass is 9.81. The van der Waals surface area contributed by atoms with Crippen molar-refractivity contribution in [2.75, 3.05) is 5.32 Å². The fourth-order valence-electron chi connectivity index (χ4n) is 2.50. The zero-order valence-corrected chi connectivity index (χ0v) is 13.0. The van der Waals surface area contributed by atoms with Crippen LogP contribution in [-0.4, -0.2) is 15.9 Å². The molecule has 0 bridgehead atoms. The van der Waals surface area contributed by atoms with Crippen molar-refractivity contribution < 1.29 is 4.79 Å². The highest BCUT2D eigenvalue weighted by atomic mass is 32.1. The second kappa shape index (κ2) is 6.18. The van der Waals surface area contributed by atoms with E-state index in [0.29, 0.717) is 12.8 Å². The van der Waals surface area contributed by atoms with E-state index in [1.54, 1.807) is 12.4 Å². The van der Waals surface area contributed by atoms with Gasteiger partial charge in [0.1, 0.15) is 0 Å². The third-order valence-electron chi connectivity index (χ3n) is 4.04. The van der Waals surface area contributed by atoms with Crippen molar-refractivity contribution in [2.45, 2.75) is 26.7 Å². The van der Waals surface area contributed by atoms with E-state index >= 15 is 0 Å². The molecule has 2 aromatic rings. The molecule has 0 saturated carbocycles. The molecule has 0 saturated heterocycles. The van der Waals surface area contributed by atoms with Gasteiger partial charge in [0, 0.05) is 28.9 Å². The Hall–Kier alpha value is -2.01. The minimum atomic E-state index is -0.801. The fourth-order valence-corrected chi connectivity index (χ4v) is 2.89. The normalized spacial score (nSPS) is 11.3. The topological polar surface area (TPSA) is 68.0 Å². The second-order valence-electron chi connectivity index (χ2n) is 5.01. The van der Waals surface area contributed by atoms with Crippen molar-refractivity contribution in [1.82, 2.24) is 4.98 Å². The molecule has 0 aliphatic heterocycles. The van der Waals surface area contributed by atoms with Gasteiger partial charge in [-0.05, 0) is 25.0 Å². The van der Waals surface area contributed by atoms with Crippen LogP contribution in [0.2, 0.25) is 0 Å². The van der Waals surface area contributed by atoms with Gasteiger partial charge in [-0.3, -0.25) is 9.78 Å². The van der Waals surface area contributed by atoms with Crippen molar-refractivity contribution in [3.8, 4) is 0 Å². The molecule has 1 amide bonds. The molecule has 5 heteroatoms. The quantitative estimate of drug-likeness (QED) is 0.832. The van der Waals surface area contributed by atoms with E-state index in [2.05, 4.69) is 10.3 Å². The number of nitrogens with one attached hydrogen (secondary N) is 1. The summed E-state index contributed by atoms with van der Waals surface area (Å²) in [6.07, 6.45) is 4.64. The van der Waals surface area contributed by atoms with Crippen molar-refractivity contribution in [2.24, 2.45) is 11.1 Å².